The van der Waals surface area contributed by atoms with Crippen LogP contribution in [0.15, 0.2) is 36.5 Å². The van der Waals surface area contributed by atoms with Gasteiger partial charge in [-0.05, 0) is 36.3 Å². The van der Waals surface area contributed by atoms with Gasteiger partial charge in [-0.2, -0.15) is 0 Å². The summed E-state index contributed by atoms with van der Waals surface area (Å²) in [6.45, 7) is 8.13. The maximum atomic E-state index is 4.60. The second-order valence-corrected chi connectivity index (χ2v) is 5.96. The average molecular weight is 254 g/mol. The molecule has 1 aromatic heterocycles. The minimum Gasteiger partial charge on any atom is -0.297 e. The van der Waals surface area contributed by atoms with E-state index < -0.39 is 0 Å². The van der Waals surface area contributed by atoms with Gasteiger partial charge in [0.25, 0.3) is 0 Å². The molecule has 3 rings (SSSR count). The molecule has 2 nitrogen and oxygen atoms in total. The van der Waals surface area contributed by atoms with Crippen LogP contribution in [-0.4, -0.2) is 23.0 Å². The van der Waals surface area contributed by atoms with Crippen LogP contribution in [0.3, 0.4) is 0 Å². The van der Waals surface area contributed by atoms with Crippen molar-refractivity contribution >= 4 is 10.8 Å². The van der Waals surface area contributed by atoms with Crippen LogP contribution >= 0.6 is 0 Å². The highest BCUT2D eigenvalue weighted by molar-refractivity contribution is 5.84. The van der Waals surface area contributed by atoms with E-state index in [1.165, 1.54) is 36.0 Å². The number of pyridine rings is 1. The van der Waals surface area contributed by atoms with Gasteiger partial charge in [0.15, 0.2) is 0 Å². The summed E-state index contributed by atoms with van der Waals surface area (Å²) in [4.78, 5) is 7.16. The fraction of sp³-hybridized carbons (Fsp3) is 0.471. The number of fused-ring (bicyclic) bond motifs is 1. The van der Waals surface area contributed by atoms with E-state index in [-0.39, 0.29) is 0 Å². The molecule has 0 saturated carbocycles. The summed E-state index contributed by atoms with van der Waals surface area (Å²) in [5.41, 5.74) is 1.22. The fourth-order valence-electron chi connectivity index (χ4n) is 3.01. The van der Waals surface area contributed by atoms with E-state index in [1.54, 1.807) is 0 Å². The third-order valence-corrected chi connectivity index (χ3v) is 4.55. The number of rotatable bonds is 2. The number of hydrogen-bond acceptors (Lipinski definition) is 2. The van der Waals surface area contributed by atoms with Crippen molar-refractivity contribution in [2.24, 2.45) is 11.8 Å². The molecule has 2 heterocycles. The molecule has 100 valence electrons. The third-order valence-electron chi connectivity index (χ3n) is 4.55. The van der Waals surface area contributed by atoms with Gasteiger partial charge < -0.3 is 0 Å². The Morgan fingerprint density at radius 3 is 2.84 bits per heavy atom. The van der Waals surface area contributed by atoms with Gasteiger partial charge in [0.05, 0.1) is 5.69 Å². The molecule has 0 bridgehead atoms. The van der Waals surface area contributed by atoms with Crippen molar-refractivity contribution in [3.05, 3.63) is 42.2 Å². The Bertz CT molecular complexity index is 559. The van der Waals surface area contributed by atoms with Crippen LogP contribution in [0.25, 0.3) is 10.8 Å². The number of benzene rings is 1. The predicted molar refractivity (Wildman–Crippen MR) is 80.0 cm³/mol. The number of piperidine rings is 1. The third kappa shape index (κ3) is 2.64. The Labute approximate surface area is 115 Å². The molecule has 0 amide bonds. The van der Waals surface area contributed by atoms with Gasteiger partial charge in [0.1, 0.15) is 0 Å². The molecule has 0 aliphatic carbocycles. The van der Waals surface area contributed by atoms with Gasteiger partial charge in [0.2, 0.25) is 0 Å². The molecule has 1 aliphatic rings. The summed E-state index contributed by atoms with van der Waals surface area (Å²) >= 11 is 0. The average Bonchev–Trinajstić information content (AvgIpc) is 2.43. The van der Waals surface area contributed by atoms with Gasteiger partial charge in [-0.3, -0.25) is 9.88 Å². The summed E-state index contributed by atoms with van der Waals surface area (Å²) in [5, 5.41) is 2.60. The van der Waals surface area contributed by atoms with Crippen LogP contribution in [0.2, 0.25) is 0 Å². The SMILES string of the molecule is CC1CCN(Cc2nccc3ccccc23)CC1C. The summed E-state index contributed by atoms with van der Waals surface area (Å²) in [6.07, 6.45) is 3.25. The first-order valence-corrected chi connectivity index (χ1v) is 7.29. The Morgan fingerprint density at radius 2 is 2.00 bits per heavy atom. The molecule has 2 atom stereocenters. The van der Waals surface area contributed by atoms with E-state index in [0.29, 0.717) is 0 Å². The smallest absolute Gasteiger partial charge is 0.0622 e. The monoisotopic (exact) mass is 254 g/mol. The van der Waals surface area contributed by atoms with Crippen LogP contribution in [0.5, 0.6) is 0 Å². The van der Waals surface area contributed by atoms with Crippen LogP contribution in [0.1, 0.15) is 26.0 Å². The largest absolute Gasteiger partial charge is 0.297 e. The predicted octanol–water partition coefficient (Wildman–Crippen LogP) is 3.71. The van der Waals surface area contributed by atoms with Gasteiger partial charge >= 0.3 is 0 Å². The van der Waals surface area contributed by atoms with E-state index in [1.807, 2.05) is 6.20 Å². The minimum absolute atomic E-state index is 0.795. The highest BCUT2D eigenvalue weighted by Gasteiger charge is 2.23. The molecule has 1 saturated heterocycles. The maximum absolute atomic E-state index is 4.60. The van der Waals surface area contributed by atoms with Crippen molar-refractivity contribution in [2.75, 3.05) is 13.1 Å². The highest BCUT2D eigenvalue weighted by atomic mass is 15.1. The van der Waals surface area contributed by atoms with Crippen LogP contribution in [-0.2, 0) is 6.54 Å². The molecule has 2 aromatic rings. The molecule has 19 heavy (non-hydrogen) atoms. The van der Waals surface area contributed by atoms with Crippen LogP contribution in [0.4, 0.5) is 0 Å². The Hall–Kier alpha value is -1.41. The highest BCUT2D eigenvalue weighted by Crippen LogP contribution is 2.25. The van der Waals surface area contributed by atoms with Gasteiger partial charge in [-0.25, -0.2) is 0 Å². The van der Waals surface area contributed by atoms with Crippen molar-refractivity contribution in [3.63, 3.8) is 0 Å². The molecule has 0 radical (unpaired) electrons. The molecule has 1 fully saturated rings. The summed E-state index contributed by atoms with van der Waals surface area (Å²) in [5.74, 6) is 1.65. The van der Waals surface area contributed by atoms with Crippen LogP contribution in [0, 0.1) is 11.8 Å². The van der Waals surface area contributed by atoms with Crippen molar-refractivity contribution in [1.29, 1.82) is 0 Å². The lowest BCUT2D eigenvalue weighted by molar-refractivity contribution is 0.131. The molecule has 0 spiro atoms. The molecular weight excluding hydrogens is 232 g/mol. The lowest BCUT2D eigenvalue weighted by Crippen LogP contribution is -2.38. The second kappa shape index (κ2) is 5.30. The normalized spacial score (nSPS) is 24.7. The van der Waals surface area contributed by atoms with E-state index in [2.05, 4.69) is 54.1 Å². The first-order chi connectivity index (χ1) is 9.24. The van der Waals surface area contributed by atoms with E-state index in [0.717, 1.165) is 18.4 Å². The summed E-state index contributed by atoms with van der Waals surface area (Å²) in [7, 11) is 0. The quantitative estimate of drug-likeness (QED) is 0.812. The number of nitrogens with zero attached hydrogens (tertiary/aromatic N) is 2. The molecule has 1 aliphatic heterocycles. The second-order valence-electron chi connectivity index (χ2n) is 5.96. The zero-order chi connectivity index (χ0) is 13.2. The Balaban J connectivity index is 1.82. The van der Waals surface area contributed by atoms with Gasteiger partial charge in [0, 0.05) is 24.7 Å². The zero-order valence-electron chi connectivity index (χ0n) is 11.8. The maximum Gasteiger partial charge on any atom is 0.0622 e. The van der Waals surface area contributed by atoms with E-state index >= 15 is 0 Å². The van der Waals surface area contributed by atoms with Crippen molar-refractivity contribution < 1.29 is 0 Å². The van der Waals surface area contributed by atoms with E-state index in [4.69, 9.17) is 0 Å². The number of likely N-dealkylation sites (tertiary alicyclic amines) is 1. The van der Waals surface area contributed by atoms with Gasteiger partial charge in [-0.15, -0.1) is 0 Å². The Morgan fingerprint density at radius 1 is 1.16 bits per heavy atom. The molecule has 2 heteroatoms. The van der Waals surface area contributed by atoms with Crippen molar-refractivity contribution in [2.45, 2.75) is 26.8 Å². The zero-order valence-corrected chi connectivity index (χ0v) is 11.8. The van der Waals surface area contributed by atoms with Crippen LogP contribution < -0.4 is 0 Å². The lowest BCUT2D eigenvalue weighted by atomic mass is 9.88. The van der Waals surface area contributed by atoms with E-state index in [9.17, 15) is 0 Å². The molecule has 0 N–H and O–H groups in total. The molecular formula is C17H22N2. The lowest BCUT2D eigenvalue weighted by Gasteiger charge is -2.35. The fourth-order valence-corrected chi connectivity index (χ4v) is 3.01. The minimum atomic E-state index is 0.795. The topological polar surface area (TPSA) is 16.1 Å². The molecule has 1 aromatic carbocycles. The van der Waals surface area contributed by atoms with Crippen molar-refractivity contribution in [3.8, 4) is 0 Å². The molecule has 2 unspecified atom stereocenters. The van der Waals surface area contributed by atoms with Crippen molar-refractivity contribution in [1.82, 2.24) is 9.88 Å². The number of aromatic nitrogens is 1. The van der Waals surface area contributed by atoms with Gasteiger partial charge in [-0.1, -0.05) is 38.1 Å². The number of hydrogen-bond donors (Lipinski definition) is 0. The summed E-state index contributed by atoms with van der Waals surface area (Å²) in [6, 6.07) is 10.7. The first kappa shape index (κ1) is 12.6. The standard InChI is InChI=1S/C17H22N2/c1-13-8-10-19(11-14(13)2)12-17-16-6-4-3-5-15(16)7-9-18-17/h3-7,9,13-14H,8,10-12H2,1-2H3. The summed E-state index contributed by atoms with van der Waals surface area (Å²) < 4.78 is 0. The first-order valence-electron chi connectivity index (χ1n) is 7.29. The Kier molecular flexibility index (Phi) is 3.52.